The van der Waals surface area contributed by atoms with Gasteiger partial charge in [-0.15, -0.1) is 11.8 Å². The average molecular weight is 156 g/mol. The molecule has 0 bridgehead atoms. The molecule has 0 fully saturated rings. The number of hydrogen-bond acceptors (Lipinski definition) is 2. The van der Waals surface area contributed by atoms with Crippen LogP contribution in [-0.2, 0) is 4.57 Å². The zero-order valence-corrected chi connectivity index (χ0v) is 6.28. The SMILES string of the molecule is CCSCP(=O)(O)O. The molecule has 5 heteroatoms. The van der Waals surface area contributed by atoms with Crippen LogP contribution in [0.5, 0.6) is 0 Å². The largest absolute Gasteiger partial charge is 0.335 e. The molecule has 8 heavy (non-hydrogen) atoms. The van der Waals surface area contributed by atoms with Crippen molar-refractivity contribution >= 4 is 19.4 Å². The van der Waals surface area contributed by atoms with Crippen LogP contribution in [0, 0.1) is 0 Å². The van der Waals surface area contributed by atoms with Gasteiger partial charge in [0.1, 0.15) is 0 Å². The summed E-state index contributed by atoms with van der Waals surface area (Å²) in [6.45, 7) is 1.86. The molecular formula is C3H9O3PS. The Morgan fingerprint density at radius 1 is 1.62 bits per heavy atom. The minimum absolute atomic E-state index is 0.0521. The topological polar surface area (TPSA) is 57.5 Å². The van der Waals surface area contributed by atoms with E-state index in [1.54, 1.807) is 0 Å². The maximum absolute atomic E-state index is 10.1. The van der Waals surface area contributed by atoms with E-state index in [9.17, 15) is 4.57 Å². The van der Waals surface area contributed by atoms with E-state index in [4.69, 9.17) is 9.79 Å². The first-order chi connectivity index (χ1) is 3.56. The molecule has 2 N–H and O–H groups in total. The molecule has 3 nitrogen and oxygen atoms in total. The van der Waals surface area contributed by atoms with Crippen molar-refractivity contribution in [2.24, 2.45) is 0 Å². The molecule has 0 heterocycles. The lowest BCUT2D eigenvalue weighted by Gasteiger charge is -1.98. The lowest BCUT2D eigenvalue weighted by Crippen LogP contribution is -1.80. The highest BCUT2D eigenvalue weighted by Gasteiger charge is 2.10. The molecule has 0 spiro atoms. The van der Waals surface area contributed by atoms with E-state index in [2.05, 4.69) is 0 Å². The molecule has 0 aromatic carbocycles. The maximum atomic E-state index is 10.1. The molecule has 0 unspecified atom stereocenters. The lowest BCUT2D eigenvalue weighted by molar-refractivity contribution is 0.379. The van der Waals surface area contributed by atoms with Gasteiger partial charge < -0.3 is 9.79 Å². The molecule has 0 amide bonds. The van der Waals surface area contributed by atoms with E-state index < -0.39 is 7.60 Å². The summed E-state index contributed by atoms with van der Waals surface area (Å²) >= 11 is 1.25. The summed E-state index contributed by atoms with van der Waals surface area (Å²) in [7, 11) is -3.72. The fourth-order valence-electron chi connectivity index (χ4n) is 0.210. The van der Waals surface area contributed by atoms with Crippen LogP contribution in [-0.4, -0.2) is 21.0 Å². The molecule has 0 radical (unpaired) electrons. The summed E-state index contributed by atoms with van der Waals surface area (Å²) < 4.78 is 10.1. The highest BCUT2D eigenvalue weighted by atomic mass is 32.2. The van der Waals surface area contributed by atoms with Crippen molar-refractivity contribution in [2.45, 2.75) is 6.92 Å². The molecule has 0 aliphatic carbocycles. The van der Waals surface area contributed by atoms with Crippen molar-refractivity contribution in [3.05, 3.63) is 0 Å². The predicted octanol–water partition coefficient (Wildman–Crippen LogP) is 0.875. The second-order valence-electron chi connectivity index (χ2n) is 1.29. The van der Waals surface area contributed by atoms with Crippen molar-refractivity contribution in [3.8, 4) is 0 Å². The van der Waals surface area contributed by atoms with Gasteiger partial charge in [0.25, 0.3) is 0 Å². The van der Waals surface area contributed by atoms with Crippen LogP contribution in [0.3, 0.4) is 0 Å². The Hall–Kier alpha value is 0.500. The van der Waals surface area contributed by atoms with E-state index >= 15 is 0 Å². The third-order valence-electron chi connectivity index (χ3n) is 0.464. The Labute approximate surface area is 52.6 Å². The van der Waals surface area contributed by atoms with Gasteiger partial charge in [-0.1, -0.05) is 6.92 Å². The lowest BCUT2D eigenvalue weighted by atomic mass is 11.0. The highest BCUT2D eigenvalue weighted by molar-refractivity contribution is 8.04. The summed E-state index contributed by atoms with van der Waals surface area (Å²) in [4.78, 5) is 16.5. The van der Waals surface area contributed by atoms with Gasteiger partial charge in [-0.25, -0.2) is 0 Å². The van der Waals surface area contributed by atoms with Crippen molar-refractivity contribution < 1.29 is 14.4 Å². The third-order valence-corrected chi connectivity index (χ3v) is 2.95. The zero-order chi connectivity index (χ0) is 6.62. The Bertz CT molecular complexity index is 98.7. The molecular weight excluding hydrogens is 147 g/mol. The molecule has 0 aromatic heterocycles. The molecule has 0 aliphatic rings. The molecule has 0 saturated carbocycles. The van der Waals surface area contributed by atoms with E-state index in [1.807, 2.05) is 6.92 Å². The molecule has 0 aromatic rings. The first-order valence-electron chi connectivity index (χ1n) is 2.18. The Morgan fingerprint density at radius 2 is 2.12 bits per heavy atom. The molecule has 0 rings (SSSR count). The Balaban J connectivity index is 3.26. The smallest absolute Gasteiger partial charge is 0.324 e. The number of rotatable bonds is 3. The summed E-state index contributed by atoms with van der Waals surface area (Å²) in [6.07, 6.45) is 0. The summed E-state index contributed by atoms with van der Waals surface area (Å²) in [5.41, 5.74) is -0.0521. The molecule has 0 atom stereocenters. The molecule has 0 aliphatic heterocycles. The number of hydrogen-bond donors (Lipinski definition) is 2. The van der Waals surface area contributed by atoms with Gasteiger partial charge in [0, 0.05) is 0 Å². The normalized spacial score (nSPS) is 11.9. The summed E-state index contributed by atoms with van der Waals surface area (Å²) in [6, 6.07) is 0. The van der Waals surface area contributed by atoms with E-state index in [-0.39, 0.29) is 5.49 Å². The van der Waals surface area contributed by atoms with Crippen LogP contribution in [0.2, 0.25) is 0 Å². The van der Waals surface area contributed by atoms with Crippen LogP contribution in [0.15, 0.2) is 0 Å². The number of thioether (sulfide) groups is 1. The average Bonchev–Trinajstić information content (AvgIpc) is 1.59. The quantitative estimate of drug-likeness (QED) is 0.595. The Kier molecular flexibility index (Phi) is 3.73. The van der Waals surface area contributed by atoms with Crippen LogP contribution in [0.4, 0.5) is 0 Å². The van der Waals surface area contributed by atoms with Gasteiger partial charge in [-0.2, -0.15) is 0 Å². The minimum atomic E-state index is -3.72. The maximum Gasteiger partial charge on any atom is 0.335 e. The second-order valence-corrected chi connectivity index (χ2v) is 4.63. The predicted molar refractivity (Wildman–Crippen MR) is 35.0 cm³/mol. The van der Waals surface area contributed by atoms with Gasteiger partial charge in [0.2, 0.25) is 0 Å². The van der Waals surface area contributed by atoms with E-state index in [0.717, 1.165) is 5.75 Å². The highest BCUT2D eigenvalue weighted by Crippen LogP contribution is 2.38. The summed E-state index contributed by atoms with van der Waals surface area (Å²) in [5, 5.41) is 0. The third kappa shape index (κ3) is 6.50. The molecule has 0 saturated heterocycles. The Morgan fingerprint density at radius 3 is 2.25 bits per heavy atom. The minimum Gasteiger partial charge on any atom is -0.324 e. The second kappa shape index (κ2) is 3.51. The van der Waals surface area contributed by atoms with Crippen LogP contribution < -0.4 is 0 Å². The molecule has 50 valence electrons. The van der Waals surface area contributed by atoms with Gasteiger partial charge in [0.15, 0.2) is 0 Å². The van der Waals surface area contributed by atoms with Crippen molar-refractivity contribution in [1.29, 1.82) is 0 Å². The van der Waals surface area contributed by atoms with Crippen LogP contribution in [0.1, 0.15) is 6.92 Å². The van der Waals surface area contributed by atoms with E-state index in [0.29, 0.717) is 0 Å². The van der Waals surface area contributed by atoms with Gasteiger partial charge in [-0.05, 0) is 5.75 Å². The zero-order valence-electron chi connectivity index (χ0n) is 4.57. The fraction of sp³-hybridized carbons (Fsp3) is 1.00. The van der Waals surface area contributed by atoms with Crippen molar-refractivity contribution in [3.63, 3.8) is 0 Å². The van der Waals surface area contributed by atoms with Crippen LogP contribution >= 0.6 is 19.4 Å². The van der Waals surface area contributed by atoms with Crippen LogP contribution in [0.25, 0.3) is 0 Å². The van der Waals surface area contributed by atoms with Crippen molar-refractivity contribution in [1.82, 2.24) is 0 Å². The van der Waals surface area contributed by atoms with Gasteiger partial charge >= 0.3 is 7.60 Å². The monoisotopic (exact) mass is 156 g/mol. The fourth-order valence-corrected chi connectivity index (χ4v) is 1.89. The first-order valence-corrected chi connectivity index (χ1v) is 5.14. The van der Waals surface area contributed by atoms with Crippen molar-refractivity contribution in [2.75, 3.05) is 11.2 Å². The standard InChI is InChI=1S/C3H9O3PS/c1-2-8-3-7(4,5)6/h2-3H2,1H3,(H2,4,5,6). The van der Waals surface area contributed by atoms with E-state index in [1.165, 1.54) is 11.8 Å². The van der Waals surface area contributed by atoms with Gasteiger partial charge in [0.05, 0.1) is 5.49 Å². The summed E-state index contributed by atoms with van der Waals surface area (Å²) in [5.74, 6) is 0.755. The van der Waals surface area contributed by atoms with Gasteiger partial charge in [-0.3, -0.25) is 4.57 Å². The first kappa shape index (κ1) is 8.50.